The summed E-state index contributed by atoms with van der Waals surface area (Å²) in [5, 5.41) is 13.6. The lowest BCUT2D eigenvalue weighted by atomic mass is 9.89. The molecule has 0 amide bonds. The molecule has 2 rings (SSSR count). The van der Waals surface area contributed by atoms with Gasteiger partial charge in [-0.25, -0.2) is 4.39 Å². The molecule has 100 valence electrons. The topological polar surface area (TPSA) is 35.5 Å². The maximum Gasteiger partial charge on any atom is 0.124 e. The third-order valence-electron chi connectivity index (χ3n) is 3.41. The minimum Gasteiger partial charge on any atom is -0.507 e. The number of hydrogen-bond donors (Lipinski definition) is 2. The Hall–Kier alpha value is -1.13. The largest absolute Gasteiger partial charge is 0.507 e. The van der Waals surface area contributed by atoms with Crippen molar-refractivity contribution in [3.8, 4) is 5.75 Å². The smallest absolute Gasteiger partial charge is 0.124 e. The molecule has 0 spiro atoms. The number of aromatic hydroxyl groups is 1. The summed E-state index contributed by atoms with van der Waals surface area (Å²) in [7, 11) is 3.82. The molecule has 1 aromatic rings. The van der Waals surface area contributed by atoms with Gasteiger partial charge in [0.15, 0.2) is 0 Å². The average molecular weight is 252 g/mol. The van der Waals surface area contributed by atoms with Crippen LogP contribution in [0.3, 0.4) is 0 Å². The van der Waals surface area contributed by atoms with Gasteiger partial charge < -0.3 is 15.3 Å². The van der Waals surface area contributed by atoms with Crippen molar-refractivity contribution < 1.29 is 9.50 Å². The van der Waals surface area contributed by atoms with Crippen LogP contribution in [-0.4, -0.2) is 37.2 Å². The fourth-order valence-electron chi connectivity index (χ4n) is 2.57. The number of piperidine rings is 1. The molecule has 1 atom stereocenters. The number of phenols is 1. The van der Waals surface area contributed by atoms with Crippen LogP contribution in [0.1, 0.15) is 29.9 Å². The van der Waals surface area contributed by atoms with E-state index in [4.69, 9.17) is 0 Å². The van der Waals surface area contributed by atoms with Crippen LogP contribution in [0.25, 0.3) is 0 Å². The first kappa shape index (κ1) is 13.3. The van der Waals surface area contributed by atoms with E-state index in [1.807, 2.05) is 19.0 Å². The van der Waals surface area contributed by atoms with E-state index < -0.39 is 0 Å². The summed E-state index contributed by atoms with van der Waals surface area (Å²) < 4.78 is 13.7. The highest BCUT2D eigenvalue weighted by atomic mass is 19.1. The molecule has 0 aliphatic carbocycles. The van der Waals surface area contributed by atoms with Gasteiger partial charge in [0, 0.05) is 30.1 Å². The number of hydrogen-bond acceptors (Lipinski definition) is 3. The summed E-state index contributed by atoms with van der Waals surface area (Å²) in [6.45, 7) is 2.38. The molecule has 0 aromatic heterocycles. The zero-order valence-corrected chi connectivity index (χ0v) is 11.0. The minimum atomic E-state index is -0.259. The van der Waals surface area contributed by atoms with Gasteiger partial charge in [0.1, 0.15) is 11.6 Å². The molecule has 1 heterocycles. The van der Waals surface area contributed by atoms with Crippen molar-refractivity contribution in [1.29, 1.82) is 0 Å². The minimum absolute atomic E-state index is 0.218. The monoisotopic (exact) mass is 252 g/mol. The predicted octanol–water partition coefficient (Wildman–Crippen LogP) is 2.06. The van der Waals surface area contributed by atoms with Crippen molar-refractivity contribution in [1.82, 2.24) is 10.2 Å². The lowest BCUT2D eigenvalue weighted by molar-refractivity contribution is 0.376. The van der Waals surface area contributed by atoms with Crippen molar-refractivity contribution in [2.45, 2.75) is 25.3 Å². The number of nitrogens with one attached hydrogen (secondary N) is 1. The van der Waals surface area contributed by atoms with Gasteiger partial charge >= 0.3 is 0 Å². The van der Waals surface area contributed by atoms with Crippen LogP contribution in [0, 0.1) is 5.82 Å². The molecule has 1 unspecified atom stereocenters. The van der Waals surface area contributed by atoms with Gasteiger partial charge in [0.05, 0.1) is 0 Å². The van der Waals surface area contributed by atoms with Crippen molar-refractivity contribution in [2.75, 3.05) is 27.2 Å². The van der Waals surface area contributed by atoms with Crippen LogP contribution in [0.4, 0.5) is 4.39 Å². The maximum atomic E-state index is 13.7. The average Bonchev–Trinajstić information content (AvgIpc) is 2.34. The molecule has 0 radical (unpaired) electrons. The quantitative estimate of drug-likeness (QED) is 0.864. The summed E-state index contributed by atoms with van der Waals surface area (Å²) in [6.07, 6.45) is 2.08. The molecule has 3 nitrogen and oxygen atoms in total. The molecular weight excluding hydrogens is 231 g/mol. The SMILES string of the molecule is CN(C)Cc1cc(F)cc(C2CCCNC2)c1O. The van der Waals surface area contributed by atoms with E-state index in [9.17, 15) is 9.50 Å². The summed E-state index contributed by atoms with van der Waals surface area (Å²) >= 11 is 0. The molecule has 0 bridgehead atoms. The molecule has 1 fully saturated rings. The van der Waals surface area contributed by atoms with Gasteiger partial charge in [-0.1, -0.05) is 0 Å². The van der Waals surface area contributed by atoms with Crippen molar-refractivity contribution in [2.24, 2.45) is 0 Å². The first-order chi connectivity index (χ1) is 8.58. The zero-order chi connectivity index (χ0) is 13.1. The lowest BCUT2D eigenvalue weighted by Crippen LogP contribution is -2.28. The Kier molecular flexibility index (Phi) is 4.19. The van der Waals surface area contributed by atoms with Gasteiger partial charge in [-0.3, -0.25) is 0 Å². The third kappa shape index (κ3) is 3.00. The first-order valence-electron chi connectivity index (χ1n) is 6.44. The number of nitrogens with zero attached hydrogens (tertiary/aromatic N) is 1. The van der Waals surface area contributed by atoms with Crippen LogP contribution >= 0.6 is 0 Å². The van der Waals surface area contributed by atoms with E-state index in [2.05, 4.69) is 5.32 Å². The number of halogens is 1. The second-order valence-corrected chi connectivity index (χ2v) is 5.28. The Morgan fingerprint density at radius 2 is 2.22 bits per heavy atom. The Labute approximate surface area is 108 Å². The molecule has 4 heteroatoms. The van der Waals surface area contributed by atoms with Crippen LogP contribution in [0.2, 0.25) is 0 Å². The summed E-state index contributed by atoms with van der Waals surface area (Å²) in [5.41, 5.74) is 1.42. The van der Waals surface area contributed by atoms with E-state index >= 15 is 0 Å². The fraction of sp³-hybridized carbons (Fsp3) is 0.571. The Balaban J connectivity index is 2.31. The highest BCUT2D eigenvalue weighted by Crippen LogP contribution is 2.34. The molecule has 1 aromatic carbocycles. The molecule has 2 N–H and O–H groups in total. The predicted molar refractivity (Wildman–Crippen MR) is 70.3 cm³/mol. The van der Waals surface area contributed by atoms with E-state index in [1.54, 1.807) is 0 Å². The summed E-state index contributed by atoms with van der Waals surface area (Å²) in [4.78, 5) is 1.93. The highest BCUT2D eigenvalue weighted by molar-refractivity contribution is 5.43. The number of phenolic OH excluding ortho intramolecular Hbond substituents is 1. The number of rotatable bonds is 3. The molecule has 1 saturated heterocycles. The Morgan fingerprint density at radius 3 is 2.83 bits per heavy atom. The standard InChI is InChI=1S/C14H21FN2O/c1-17(2)9-11-6-12(15)7-13(14(11)18)10-4-3-5-16-8-10/h6-7,10,16,18H,3-5,8-9H2,1-2H3. The van der Waals surface area contributed by atoms with Gasteiger partial charge in [-0.05, 0) is 45.6 Å². The van der Waals surface area contributed by atoms with Gasteiger partial charge in [-0.2, -0.15) is 0 Å². The van der Waals surface area contributed by atoms with Gasteiger partial charge in [-0.15, -0.1) is 0 Å². The highest BCUT2D eigenvalue weighted by Gasteiger charge is 2.21. The van der Waals surface area contributed by atoms with E-state index in [-0.39, 0.29) is 17.5 Å². The van der Waals surface area contributed by atoms with Crippen LogP contribution in [-0.2, 0) is 6.54 Å². The van der Waals surface area contributed by atoms with Crippen LogP contribution in [0.15, 0.2) is 12.1 Å². The van der Waals surface area contributed by atoms with Gasteiger partial charge in [0.25, 0.3) is 0 Å². The van der Waals surface area contributed by atoms with Crippen molar-refractivity contribution >= 4 is 0 Å². The van der Waals surface area contributed by atoms with Crippen molar-refractivity contribution in [3.05, 3.63) is 29.1 Å². The maximum absolute atomic E-state index is 13.7. The molecule has 0 saturated carbocycles. The summed E-state index contributed by atoms with van der Waals surface area (Å²) in [6, 6.07) is 2.90. The second kappa shape index (κ2) is 5.67. The third-order valence-corrected chi connectivity index (χ3v) is 3.41. The lowest BCUT2D eigenvalue weighted by Gasteiger charge is -2.25. The van der Waals surface area contributed by atoms with E-state index in [0.717, 1.165) is 31.5 Å². The van der Waals surface area contributed by atoms with E-state index in [1.165, 1.54) is 12.1 Å². The molecule has 1 aliphatic heterocycles. The fourth-order valence-corrected chi connectivity index (χ4v) is 2.57. The molecular formula is C14H21FN2O. The Bertz CT molecular complexity index is 415. The Morgan fingerprint density at radius 1 is 1.44 bits per heavy atom. The molecule has 1 aliphatic rings. The second-order valence-electron chi connectivity index (χ2n) is 5.28. The number of benzene rings is 1. The normalized spacial score (nSPS) is 20.3. The van der Waals surface area contributed by atoms with Gasteiger partial charge in [0.2, 0.25) is 0 Å². The summed E-state index contributed by atoms with van der Waals surface area (Å²) in [5.74, 6) is 0.222. The zero-order valence-electron chi connectivity index (χ0n) is 11.0. The van der Waals surface area contributed by atoms with Crippen molar-refractivity contribution in [3.63, 3.8) is 0 Å². The first-order valence-corrected chi connectivity index (χ1v) is 6.44. The van der Waals surface area contributed by atoms with Crippen LogP contribution < -0.4 is 5.32 Å². The molecule has 18 heavy (non-hydrogen) atoms. The van der Waals surface area contributed by atoms with Crippen LogP contribution in [0.5, 0.6) is 5.75 Å². The van der Waals surface area contributed by atoms with E-state index in [0.29, 0.717) is 12.1 Å².